The molecule has 25 heavy (non-hydrogen) atoms. The summed E-state index contributed by atoms with van der Waals surface area (Å²) in [5.41, 5.74) is 5.98. The lowest BCUT2D eigenvalue weighted by Gasteiger charge is -2.24. The fourth-order valence-corrected chi connectivity index (χ4v) is 3.64. The van der Waals surface area contributed by atoms with E-state index in [2.05, 4.69) is 40.0 Å². The fraction of sp³-hybridized carbons (Fsp3) is 0.250. The Morgan fingerprint density at radius 3 is 2.60 bits per heavy atom. The van der Waals surface area contributed by atoms with Gasteiger partial charge in [0.25, 0.3) is 5.17 Å². The van der Waals surface area contributed by atoms with E-state index < -0.39 is 0 Å². The molecule has 0 unspecified atom stereocenters. The number of nitrogens with zero attached hydrogens (tertiary/aromatic N) is 3. The quantitative estimate of drug-likeness (QED) is 0.610. The minimum absolute atomic E-state index is 0.287. The average molecular weight is 349 g/mol. The van der Waals surface area contributed by atoms with Crippen molar-refractivity contribution in [1.82, 2.24) is 9.97 Å². The van der Waals surface area contributed by atoms with Crippen molar-refractivity contribution < 1.29 is 4.74 Å². The molecular weight excluding hydrogens is 330 g/mol. The van der Waals surface area contributed by atoms with Crippen LogP contribution in [0, 0.1) is 13.8 Å². The molecular formula is C20H19N3OS. The molecule has 0 aliphatic carbocycles. The molecule has 0 saturated heterocycles. The van der Waals surface area contributed by atoms with E-state index in [9.17, 15) is 0 Å². The number of hydrogen-bond donors (Lipinski definition) is 0. The van der Waals surface area contributed by atoms with Crippen molar-refractivity contribution >= 4 is 34.1 Å². The summed E-state index contributed by atoms with van der Waals surface area (Å²) in [7, 11) is 0. The highest BCUT2D eigenvalue weighted by atomic mass is 32.1. The van der Waals surface area contributed by atoms with Crippen LogP contribution in [-0.4, -0.2) is 21.2 Å². The van der Waals surface area contributed by atoms with Crippen LogP contribution < -0.4 is 9.64 Å². The van der Waals surface area contributed by atoms with Gasteiger partial charge in [0, 0.05) is 17.8 Å². The molecule has 0 radical (unpaired) electrons. The van der Waals surface area contributed by atoms with E-state index in [0.29, 0.717) is 10.9 Å². The minimum Gasteiger partial charge on any atom is -0.431 e. The Hall–Kier alpha value is -2.53. The van der Waals surface area contributed by atoms with Gasteiger partial charge in [0.1, 0.15) is 5.75 Å². The summed E-state index contributed by atoms with van der Waals surface area (Å²) in [6.07, 6.45) is 0.974. The first-order chi connectivity index (χ1) is 12.0. The standard InChI is InChI=1S/C20H19N3OS/c1-12-10-15-6-4-5-7-19(15)23(12)20(25)24-16-8-9-17-18(11-16)22-14(3)13(2)21-17/h4-9,11-12H,10H2,1-3H3/t12-/m0/s1. The van der Waals surface area contributed by atoms with Crippen molar-refractivity contribution in [3.8, 4) is 5.75 Å². The van der Waals surface area contributed by atoms with Crippen LogP contribution in [0.3, 0.4) is 0 Å². The number of thiocarbonyl (C=S) groups is 1. The maximum absolute atomic E-state index is 5.99. The first kappa shape index (κ1) is 16.0. The number of rotatable bonds is 1. The van der Waals surface area contributed by atoms with E-state index in [1.165, 1.54) is 5.56 Å². The van der Waals surface area contributed by atoms with E-state index in [-0.39, 0.29) is 6.04 Å². The van der Waals surface area contributed by atoms with Gasteiger partial charge < -0.3 is 4.74 Å². The van der Waals surface area contributed by atoms with Gasteiger partial charge in [-0.05, 0) is 63.2 Å². The fourth-order valence-electron chi connectivity index (χ4n) is 3.27. The average Bonchev–Trinajstić information content (AvgIpc) is 2.92. The summed E-state index contributed by atoms with van der Waals surface area (Å²) in [5.74, 6) is 0.687. The third-order valence-electron chi connectivity index (χ3n) is 4.66. The summed E-state index contributed by atoms with van der Waals surface area (Å²) in [6.45, 7) is 6.09. The Morgan fingerprint density at radius 2 is 1.80 bits per heavy atom. The predicted molar refractivity (Wildman–Crippen MR) is 104 cm³/mol. The van der Waals surface area contributed by atoms with Gasteiger partial charge in [-0.3, -0.25) is 4.90 Å². The molecule has 0 amide bonds. The number of hydrogen-bond acceptors (Lipinski definition) is 4. The molecule has 0 N–H and O–H groups in total. The van der Waals surface area contributed by atoms with Crippen molar-refractivity contribution in [3.63, 3.8) is 0 Å². The molecule has 1 atom stereocenters. The van der Waals surface area contributed by atoms with Crippen LogP contribution >= 0.6 is 12.2 Å². The molecule has 3 aromatic rings. The van der Waals surface area contributed by atoms with Gasteiger partial charge in [-0.25, -0.2) is 9.97 Å². The number of fused-ring (bicyclic) bond motifs is 2. The second kappa shape index (κ2) is 6.08. The van der Waals surface area contributed by atoms with Crippen molar-refractivity contribution in [2.24, 2.45) is 0 Å². The molecule has 0 saturated carbocycles. The van der Waals surface area contributed by atoms with Crippen molar-refractivity contribution in [3.05, 3.63) is 59.4 Å². The number of aryl methyl sites for hydroxylation is 2. The molecule has 2 aromatic carbocycles. The van der Waals surface area contributed by atoms with E-state index in [1.54, 1.807) is 0 Å². The normalized spacial score (nSPS) is 16.1. The zero-order valence-corrected chi connectivity index (χ0v) is 15.3. The molecule has 0 spiro atoms. The molecule has 4 rings (SSSR count). The smallest absolute Gasteiger partial charge is 0.269 e. The van der Waals surface area contributed by atoms with Crippen LogP contribution in [-0.2, 0) is 6.42 Å². The number of aromatic nitrogens is 2. The van der Waals surface area contributed by atoms with E-state index in [0.717, 1.165) is 34.5 Å². The number of ether oxygens (including phenoxy) is 1. The Morgan fingerprint density at radius 1 is 1.08 bits per heavy atom. The Labute approximate surface area is 152 Å². The topological polar surface area (TPSA) is 38.2 Å². The van der Waals surface area contributed by atoms with E-state index in [1.807, 2.05) is 38.1 Å². The molecule has 0 bridgehead atoms. The van der Waals surface area contributed by atoms with E-state index in [4.69, 9.17) is 17.0 Å². The van der Waals surface area contributed by atoms with Gasteiger partial charge in [-0.1, -0.05) is 18.2 Å². The zero-order valence-electron chi connectivity index (χ0n) is 14.5. The SMILES string of the molecule is Cc1nc2ccc(OC(=S)N3c4ccccc4C[C@@H]3C)cc2nc1C. The van der Waals surface area contributed by atoms with Crippen LogP contribution in [0.4, 0.5) is 5.69 Å². The highest BCUT2D eigenvalue weighted by Crippen LogP contribution is 2.33. The van der Waals surface area contributed by atoms with Gasteiger partial charge >= 0.3 is 0 Å². The van der Waals surface area contributed by atoms with Gasteiger partial charge in [0.2, 0.25) is 0 Å². The Bertz CT molecular complexity index is 986. The van der Waals surface area contributed by atoms with Gasteiger partial charge in [-0.2, -0.15) is 0 Å². The van der Waals surface area contributed by atoms with Crippen LogP contribution in [0.5, 0.6) is 5.75 Å². The van der Waals surface area contributed by atoms with Gasteiger partial charge in [0.15, 0.2) is 0 Å². The number of anilines is 1. The van der Waals surface area contributed by atoms with Crippen LogP contribution in [0.25, 0.3) is 11.0 Å². The molecule has 1 aliphatic heterocycles. The lowest BCUT2D eigenvalue weighted by Crippen LogP contribution is -2.37. The minimum atomic E-state index is 0.287. The third-order valence-corrected chi connectivity index (χ3v) is 4.94. The molecule has 126 valence electrons. The van der Waals surface area contributed by atoms with Crippen LogP contribution in [0.1, 0.15) is 23.9 Å². The molecule has 4 nitrogen and oxygen atoms in total. The summed E-state index contributed by atoms with van der Waals surface area (Å²) in [5, 5.41) is 0.466. The first-order valence-corrected chi connectivity index (χ1v) is 8.77. The van der Waals surface area contributed by atoms with E-state index >= 15 is 0 Å². The largest absolute Gasteiger partial charge is 0.431 e. The molecule has 0 fully saturated rings. The van der Waals surface area contributed by atoms with Crippen molar-refractivity contribution in [1.29, 1.82) is 0 Å². The lowest BCUT2D eigenvalue weighted by molar-refractivity contribution is 0.538. The second-order valence-electron chi connectivity index (χ2n) is 6.46. The van der Waals surface area contributed by atoms with Crippen LogP contribution in [0.2, 0.25) is 0 Å². The summed E-state index contributed by atoms with van der Waals surface area (Å²) in [4.78, 5) is 11.2. The Kier molecular flexibility index (Phi) is 3.88. The van der Waals surface area contributed by atoms with Gasteiger partial charge in [-0.15, -0.1) is 0 Å². The molecule has 5 heteroatoms. The Balaban J connectivity index is 1.63. The maximum Gasteiger partial charge on any atom is 0.269 e. The zero-order chi connectivity index (χ0) is 17.6. The highest BCUT2D eigenvalue weighted by molar-refractivity contribution is 7.80. The molecule has 1 aromatic heterocycles. The summed E-state index contributed by atoms with van der Waals surface area (Å²) < 4.78 is 5.99. The van der Waals surface area contributed by atoms with Crippen LogP contribution in [0.15, 0.2) is 42.5 Å². The van der Waals surface area contributed by atoms with Crippen molar-refractivity contribution in [2.45, 2.75) is 33.2 Å². The third kappa shape index (κ3) is 2.85. The lowest BCUT2D eigenvalue weighted by atomic mass is 10.1. The molecule has 1 aliphatic rings. The maximum atomic E-state index is 5.99. The van der Waals surface area contributed by atoms with Crippen molar-refractivity contribution in [2.75, 3.05) is 4.90 Å². The number of para-hydroxylation sites is 1. The highest BCUT2D eigenvalue weighted by Gasteiger charge is 2.29. The molecule has 2 heterocycles. The van der Waals surface area contributed by atoms with Gasteiger partial charge in [0.05, 0.1) is 22.4 Å². The predicted octanol–water partition coefficient (Wildman–Crippen LogP) is 4.36. The number of benzene rings is 2. The second-order valence-corrected chi connectivity index (χ2v) is 6.81. The summed E-state index contributed by atoms with van der Waals surface area (Å²) >= 11 is 5.59. The monoisotopic (exact) mass is 349 g/mol. The summed E-state index contributed by atoms with van der Waals surface area (Å²) in [6, 6.07) is 14.3. The first-order valence-electron chi connectivity index (χ1n) is 8.37.